The van der Waals surface area contributed by atoms with Gasteiger partial charge in [0.05, 0.1) is 34.2 Å². The predicted molar refractivity (Wildman–Crippen MR) is 166 cm³/mol. The van der Waals surface area contributed by atoms with Gasteiger partial charge in [0, 0.05) is 24.3 Å². The summed E-state index contributed by atoms with van der Waals surface area (Å²) >= 11 is 0. The lowest BCUT2D eigenvalue weighted by molar-refractivity contribution is -0.142. The molecular formula is C34H32F6N6O2. The number of aliphatic imine (C=N–C) groups is 1. The van der Waals surface area contributed by atoms with Crippen LogP contribution >= 0.6 is 0 Å². The van der Waals surface area contributed by atoms with Crippen LogP contribution in [0.15, 0.2) is 83.5 Å². The first kappa shape index (κ1) is 33.3. The van der Waals surface area contributed by atoms with E-state index in [1.807, 2.05) is 0 Å². The van der Waals surface area contributed by atoms with Gasteiger partial charge in [-0.15, -0.1) is 0 Å². The lowest BCUT2D eigenvalue weighted by Gasteiger charge is -2.24. The second kappa shape index (κ2) is 13.9. The lowest BCUT2D eigenvalue weighted by atomic mass is 10.0. The summed E-state index contributed by atoms with van der Waals surface area (Å²) in [7, 11) is 0. The van der Waals surface area contributed by atoms with Crippen molar-refractivity contribution in [1.29, 1.82) is 0 Å². The number of nitrogens with zero attached hydrogens (tertiary/aromatic N) is 5. The van der Waals surface area contributed by atoms with E-state index in [0.717, 1.165) is 37.8 Å². The lowest BCUT2D eigenvalue weighted by Crippen LogP contribution is -2.23. The van der Waals surface area contributed by atoms with Gasteiger partial charge in [0.1, 0.15) is 11.9 Å². The number of benzene rings is 1. The molecule has 252 valence electrons. The summed E-state index contributed by atoms with van der Waals surface area (Å²) < 4.78 is 94.0. The predicted octanol–water partition coefficient (Wildman–Crippen LogP) is 8.11. The summed E-state index contributed by atoms with van der Waals surface area (Å²) in [5.74, 6) is 0. The largest absolute Gasteiger partial charge is 0.435 e. The van der Waals surface area contributed by atoms with E-state index in [1.165, 1.54) is 4.68 Å². The fourth-order valence-corrected chi connectivity index (χ4v) is 5.56. The molecule has 2 aliphatic heterocycles. The number of hydrogen-bond donors (Lipinski definition) is 1. The molecule has 48 heavy (non-hydrogen) atoms. The molecule has 5 heterocycles. The molecule has 6 rings (SSSR count). The van der Waals surface area contributed by atoms with Gasteiger partial charge in [-0.2, -0.15) is 31.4 Å². The third-order valence-electron chi connectivity index (χ3n) is 7.99. The van der Waals surface area contributed by atoms with E-state index in [4.69, 9.17) is 20.2 Å². The molecule has 2 fully saturated rings. The highest BCUT2D eigenvalue weighted by Crippen LogP contribution is 2.36. The Kier molecular flexibility index (Phi) is 9.65. The van der Waals surface area contributed by atoms with Crippen LogP contribution in [0.1, 0.15) is 56.1 Å². The highest BCUT2D eigenvalue weighted by atomic mass is 19.4. The number of nitrogens with two attached hydrogens (primary N) is 1. The van der Waals surface area contributed by atoms with Gasteiger partial charge in [0.15, 0.2) is 11.9 Å². The first-order chi connectivity index (χ1) is 23.0. The van der Waals surface area contributed by atoms with E-state index in [1.54, 1.807) is 60.7 Å². The van der Waals surface area contributed by atoms with Crippen molar-refractivity contribution in [3.63, 3.8) is 0 Å². The smallest absolute Gasteiger partial charge is 0.395 e. The maximum Gasteiger partial charge on any atom is 0.435 e. The number of alkyl halides is 6. The molecule has 2 unspecified atom stereocenters. The van der Waals surface area contributed by atoms with E-state index in [0.29, 0.717) is 48.6 Å². The molecular weight excluding hydrogens is 638 g/mol. The number of pyridine rings is 2. The van der Waals surface area contributed by atoms with Crippen molar-refractivity contribution >= 4 is 5.71 Å². The second-order valence-corrected chi connectivity index (χ2v) is 11.5. The zero-order valence-corrected chi connectivity index (χ0v) is 25.6. The van der Waals surface area contributed by atoms with Gasteiger partial charge in [-0.1, -0.05) is 30.3 Å². The molecule has 2 N–H and O–H groups in total. The third-order valence-corrected chi connectivity index (χ3v) is 7.99. The second-order valence-electron chi connectivity index (χ2n) is 11.5. The molecule has 8 nitrogen and oxygen atoms in total. The molecule has 4 aromatic rings. The van der Waals surface area contributed by atoms with Gasteiger partial charge in [-0.05, 0) is 81.0 Å². The standard InChI is InChI=1S/C34H32F6N6O2/c35-33(36,37)29(41)19-27(44-31-14-1-3-16-47-31)25-12-6-10-23(42-25)21-8-5-9-22(18-21)24-11-7-13-26(43-24)28-20-30(34(38,39)40)45-46(28)32-15-2-4-17-48-32/h5-13,18-20,31-32H,1-4,14-17,41H2. The molecule has 0 aliphatic carbocycles. The van der Waals surface area contributed by atoms with Crippen molar-refractivity contribution in [3.05, 3.63) is 89.9 Å². The summed E-state index contributed by atoms with van der Waals surface area (Å²) in [6.45, 7) is 0.879. The summed E-state index contributed by atoms with van der Waals surface area (Å²) in [6.07, 6.45) is -5.52. The molecule has 0 amide bonds. The monoisotopic (exact) mass is 670 g/mol. The minimum atomic E-state index is -4.75. The molecule has 0 saturated carbocycles. The quantitative estimate of drug-likeness (QED) is 0.158. The highest BCUT2D eigenvalue weighted by molar-refractivity contribution is 6.08. The average molecular weight is 671 g/mol. The Bertz CT molecular complexity index is 1800. The summed E-state index contributed by atoms with van der Waals surface area (Å²) in [4.78, 5) is 13.8. The molecule has 1 aromatic carbocycles. The number of aromatic nitrogens is 4. The van der Waals surface area contributed by atoms with Gasteiger partial charge in [0.25, 0.3) is 0 Å². The van der Waals surface area contributed by atoms with Crippen LogP contribution in [0.4, 0.5) is 26.3 Å². The maximum atomic E-state index is 13.7. The Morgan fingerprint density at radius 1 is 0.792 bits per heavy atom. The van der Waals surface area contributed by atoms with Gasteiger partial charge < -0.3 is 15.2 Å². The van der Waals surface area contributed by atoms with Crippen molar-refractivity contribution < 1.29 is 35.8 Å². The van der Waals surface area contributed by atoms with Crippen molar-refractivity contribution in [3.8, 4) is 33.9 Å². The summed E-state index contributed by atoms with van der Waals surface area (Å²) in [6, 6.07) is 18.1. The molecule has 14 heteroatoms. The molecule has 0 radical (unpaired) electrons. The number of rotatable bonds is 7. The number of halogens is 6. The topological polar surface area (TPSA) is 100 Å². The average Bonchev–Trinajstić information content (AvgIpc) is 3.55. The molecule has 2 aliphatic rings. The van der Waals surface area contributed by atoms with Crippen LogP contribution in [0, 0.1) is 0 Å². The maximum absolute atomic E-state index is 13.7. The first-order valence-corrected chi connectivity index (χ1v) is 15.5. The van der Waals surface area contributed by atoms with Crippen LogP contribution in [0.5, 0.6) is 0 Å². The van der Waals surface area contributed by atoms with Crippen LogP contribution in [0.25, 0.3) is 33.9 Å². The fraction of sp³-hybridized carbons (Fsp3) is 0.353. The fourth-order valence-electron chi connectivity index (χ4n) is 5.56. The van der Waals surface area contributed by atoms with Crippen molar-refractivity contribution in [2.24, 2.45) is 10.7 Å². The van der Waals surface area contributed by atoms with E-state index in [2.05, 4.69) is 15.1 Å². The van der Waals surface area contributed by atoms with Crippen LogP contribution in [-0.4, -0.2) is 51.1 Å². The molecule has 2 atom stereocenters. The Balaban J connectivity index is 1.34. The van der Waals surface area contributed by atoms with Crippen LogP contribution in [-0.2, 0) is 15.7 Å². The van der Waals surface area contributed by atoms with E-state index >= 15 is 0 Å². The number of ether oxygens (including phenoxy) is 2. The number of allylic oxidation sites excluding steroid dienone is 2. The van der Waals surface area contributed by atoms with Crippen molar-refractivity contribution in [2.45, 2.75) is 63.3 Å². The summed E-state index contributed by atoms with van der Waals surface area (Å²) in [5.41, 5.74) is 5.82. The molecule has 2 saturated heterocycles. The van der Waals surface area contributed by atoms with Crippen molar-refractivity contribution in [1.82, 2.24) is 19.7 Å². The van der Waals surface area contributed by atoms with Crippen LogP contribution in [0.2, 0.25) is 0 Å². The Morgan fingerprint density at radius 2 is 1.44 bits per heavy atom. The van der Waals surface area contributed by atoms with Gasteiger partial charge in [-0.3, -0.25) is 4.99 Å². The van der Waals surface area contributed by atoms with Gasteiger partial charge >= 0.3 is 12.4 Å². The van der Waals surface area contributed by atoms with Crippen molar-refractivity contribution in [2.75, 3.05) is 13.2 Å². The summed E-state index contributed by atoms with van der Waals surface area (Å²) in [5, 5.41) is 3.85. The SMILES string of the molecule is NC(=CC(=NC1CCCCO1)c1cccc(-c2cccc(-c3cccc(-c4cc(C(F)(F)F)nn4C4CCCCO4)n3)c2)n1)C(F)(F)F. The van der Waals surface area contributed by atoms with E-state index in [-0.39, 0.29) is 22.8 Å². The van der Waals surface area contributed by atoms with Gasteiger partial charge in [-0.25, -0.2) is 14.6 Å². The van der Waals surface area contributed by atoms with Gasteiger partial charge in [0.2, 0.25) is 0 Å². The number of hydrogen-bond acceptors (Lipinski definition) is 7. The normalized spacial score (nSPS) is 19.8. The third kappa shape index (κ3) is 7.76. The minimum absolute atomic E-state index is 0.0547. The Labute approximate surface area is 272 Å². The van der Waals surface area contributed by atoms with Crippen LogP contribution in [0.3, 0.4) is 0 Å². The zero-order valence-electron chi connectivity index (χ0n) is 25.6. The first-order valence-electron chi connectivity index (χ1n) is 15.5. The molecule has 0 bridgehead atoms. The Hall–Kier alpha value is -4.56. The molecule has 3 aromatic heterocycles. The minimum Gasteiger partial charge on any atom is -0.395 e. The van der Waals surface area contributed by atoms with E-state index < -0.39 is 36.2 Å². The highest BCUT2D eigenvalue weighted by Gasteiger charge is 2.37. The van der Waals surface area contributed by atoms with Crippen LogP contribution < -0.4 is 5.73 Å². The molecule has 0 spiro atoms. The zero-order chi connectivity index (χ0) is 33.9. The van der Waals surface area contributed by atoms with E-state index in [9.17, 15) is 26.3 Å². The Morgan fingerprint density at radius 3 is 2.08 bits per heavy atom.